The van der Waals surface area contributed by atoms with Crippen molar-refractivity contribution in [3.63, 3.8) is 0 Å². The molecule has 1 aromatic carbocycles. The van der Waals surface area contributed by atoms with Crippen LogP contribution in [-0.4, -0.2) is 32.2 Å². The van der Waals surface area contributed by atoms with Gasteiger partial charge in [0, 0.05) is 6.42 Å². The van der Waals surface area contributed by atoms with E-state index in [0.29, 0.717) is 25.9 Å². The average Bonchev–Trinajstić information content (AvgIpc) is 3.12. The fraction of sp³-hybridized carbons (Fsp3) is 0.571. The predicted molar refractivity (Wildman–Crippen MR) is 65.0 cm³/mol. The fourth-order valence-corrected chi connectivity index (χ4v) is 1.82. The van der Waals surface area contributed by atoms with Crippen LogP contribution in [0.25, 0.3) is 0 Å². The predicted octanol–water partition coefficient (Wildman–Crippen LogP) is 1.86. The van der Waals surface area contributed by atoms with Gasteiger partial charge in [0.2, 0.25) is 0 Å². The molecule has 0 bridgehead atoms. The van der Waals surface area contributed by atoms with Crippen LogP contribution in [0.4, 0.5) is 0 Å². The molecule has 98 valence electrons. The monoisotopic (exact) mass is 250 g/mol. The van der Waals surface area contributed by atoms with Gasteiger partial charge in [-0.2, -0.15) is 0 Å². The Kier molecular flexibility index (Phi) is 3.90. The van der Waals surface area contributed by atoms with Gasteiger partial charge in [-0.1, -0.05) is 24.3 Å². The smallest absolute Gasteiger partial charge is 0.160 e. The summed E-state index contributed by atoms with van der Waals surface area (Å²) in [5.74, 6) is 0. The minimum absolute atomic E-state index is 0.00285. The Bertz CT molecular complexity index is 385. The zero-order valence-corrected chi connectivity index (χ0v) is 10.3. The fourth-order valence-electron chi connectivity index (χ4n) is 1.82. The molecule has 3 rings (SSSR count). The number of rotatable bonds is 7. The molecule has 0 N–H and O–H groups in total. The summed E-state index contributed by atoms with van der Waals surface area (Å²) in [6, 6.07) is 8.28. The zero-order chi connectivity index (χ0) is 12.2. The van der Waals surface area contributed by atoms with Crippen LogP contribution in [0.3, 0.4) is 0 Å². The second-order valence-corrected chi connectivity index (χ2v) is 4.69. The molecule has 2 heterocycles. The Morgan fingerprint density at radius 3 is 2.61 bits per heavy atom. The van der Waals surface area contributed by atoms with Gasteiger partial charge >= 0.3 is 0 Å². The van der Waals surface area contributed by atoms with Crippen LogP contribution < -0.4 is 0 Å². The van der Waals surface area contributed by atoms with E-state index in [2.05, 4.69) is 18.2 Å². The maximum absolute atomic E-state index is 5.59. The highest BCUT2D eigenvalue weighted by Crippen LogP contribution is 2.16. The van der Waals surface area contributed by atoms with Crippen LogP contribution in [0.15, 0.2) is 24.3 Å². The Hall–Kier alpha value is -0.940. The molecule has 2 fully saturated rings. The molecule has 18 heavy (non-hydrogen) atoms. The van der Waals surface area contributed by atoms with Crippen molar-refractivity contribution >= 4 is 0 Å². The summed E-state index contributed by atoms with van der Waals surface area (Å²) in [6.45, 7) is 3.59. The summed E-state index contributed by atoms with van der Waals surface area (Å²) < 4.78 is 21.5. The van der Waals surface area contributed by atoms with E-state index >= 15 is 0 Å². The van der Waals surface area contributed by atoms with E-state index in [9.17, 15) is 0 Å². The molecule has 2 atom stereocenters. The quantitative estimate of drug-likeness (QED) is 0.693. The minimum Gasteiger partial charge on any atom is -0.374 e. The van der Waals surface area contributed by atoms with Crippen molar-refractivity contribution in [3.05, 3.63) is 35.4 Å². The van der Waals surface area contributed by atoms with E-state index in [4.69, 9.17) is 18.9 Å². The Morgan fingerprint density at radius 2 is 1.94 bits per heavy atom. The molecule has 1 unspecified atom stereocenters. The Labute approximate surface area is 107 Å². The highest BCUT2D eigenvalue weighted by molar-refractivity contribution is 5.22. The average molecular weight is 250 g/mol. The number of hydrogen-bond donors (Lipinski definition) is 0. The molecule has 2 aliphatic heterocycles. The lowest BCUT2D eigenvalue weighted by atomic mass is 10.1. The van der Waals surface area contributed by atoms with Crippen LogP contribution in [0.5, 0.6) is 0 Å². The molecule has 4 heteroatoms. The lowest BCUT2D eigenvalue weighted by Crippen LogP contribution is -2.29. The van der Waals surface area contributed by atoms with Crippen LogP contribution >= 0.6 is 0 Å². The van der Waals surface area contributed by atoms with Crippen molar-refractivity contribution in [2.45, 2.75) is 32.0 Å². The first-order valence-electron chi connectivity index (χ1n) is 6.40. The third-order valence-electron chi connectivity index (χ3n) is 3.06. The lowest BCUT2D eigenvalue weighted by molar-refractivity contribution is -0.220. The molecule has 0 amide bonds. The standard InChI is InChI=1S/C14H18O4/c1-2-11(7-15-9-13-10-17-13)6-12(3-1)8-18-14-4-5-16-14/h1-3,6,13-14H,4-5,7-10H2/t13?,14-/m1/s1. The topological polar surface area (TPSA) is 40.2 Å². The molecule has 0 saturated carbocycles. The third kappa shape index (κ3) is 3.53. The first-order chi connectivity index (χ1) is 8.90. The number of ether oxygens (including phenoxy) is 4. The highest BCUT2D eigenvalue weighted by atomic mass is 16.7. The van der Waals surface area contributed by atoms with Crippen LogP contribution in [0, 0.1) is 0 Å². The number of hydrogen-bond acceptors (Lipinski definition) is 4. The molecule has 0 radical (unpaired) electrons. The molecule has 0 aromatic heterocycles. The van der Waals surface area contributed by atoms with Gasteiger partial charge in [0.1, 0.15) is 6.10 Å². The van der Waals surface area contributed by atoms with Crippen molar-refractivity contribution in [3.8, 4) is 0 Å². The summed E-state index contributed by atoms with van der Waals surface area (Å²) in [7, 11) is 0. The molecule has 2 aliphatic rings. The normalized spacial score (nSPS) is 25.8. The van der Waals surface area contributed by atoms with E-state index in [0.717, 1.165) is 25.2 Å². The Morgan fingerprint density at radius 1 is 1.17 bits per heavy atom. The van der Waals surface area contributed by atoms with E-state index in [-0.39, 0.29) is 6.29 Å². The van der Waals surface area contributed by atoms with Gasteiger partial charge in [-0.05, 0) is 11.1 Å². The first-order valence-corrected chi connectivity index (χ1v) is 6.40. The van der Waals surface area contributed by atoms with Gasteiger partial charge in [-0.15, -0.1) is 0 Å². The summed E-state index contributed by atoms with van der Waals surface area (Å²) in [5, 5.41) is 0. The van der Waals surface area contributed by atoms with Crippen molar-refractivity contribution in [1.29, 1.82) is 0 Å². The largest absolute Gasteiger partial charge is 0.374 e. The van der Waals surface area contributed by atoms with E-state index in [1.54, 1.807) is 0 Å². The van der Waals surface area contributed by atoms with Crippen molar-refractivity contribution in [2.24, 2.45) is 0 Å². The zero-order valence-electron chi connectivity index (χ0n) is 10.3. The van der Waals surface area contributed by atoms with E-state index in [1.807, 2.05) is 6.07 Å². The summed E-state index contributed by atoms with van der Waals surface area (Å²) in [5.41, 5.74) is 2.33. The molecule has 4 nitrogen and oxygen atoms in total. The third-order valence-corrected chi connectivity index (χ3v) is 3.06. The van der Waals surface area contributed by atoms with Crippen molar-refractivity contribution in [1.82, 2.24) is 0 Å². The molecular formula is C14H18O4. The van der Waals surface area contributed by atoms with E-state index < -0.39 is 0 Å². The first kappa shape index (κ1) is 12.1. The molecule has 0 spiro atoms. The maximum Gasteiger partial charge on any atom is 0.160 e. The van der Waals surface area contributed by atoms with Gasteiger partial charge in [-0.3, -0.25) is 0 Å². The second kappa shape index (κ2) is 5.80. The maximum atomic E-state index is 5.59. The van der Waals surface area contributed by atoms with Gasteiger partial charge in [0.05, 0.1) is 33.0 Å². The molecular weight excluding hydrogens is 232 g/mol. The Balaban J connectivity index is 1.44. The minimum atomic E-state index is -0.00285. The van der Waals surface area contributed by atoms with Gasteiger partial charge in [0.25, 0.3) is 0 Å². The van der Waals surface area contributed by atoms with Crippen LogP contribution in [0.1, 0.15) is 17.5 Å². The number of epoxide rings is 1. The lowest BCUT2D eigenvalue weighted by Gasteiger charge is -2.26. The molecule has 2 saturated heterocycles. The summed E-state index contributed by atoms with van der Waals surface area (Å²) in [4.78, 5) is 0. The van der Waals surface area contributed by atoms with Gasteiger partial charge < -0.3 is 18.9 Å². The van der Waals surface area contributed by atoms with E-state index in [1.165, 1.54) is 5.56 Å². The number of benzene rings is 1. The summed E-state index contributed by atoms with van der Waals surface area (Å²) >= 11 is 0. The van der Waals surface area contributed by atoms with Crippen molar-refractivity contribution < 1.29 is 18.9 Å². The van der Waals surface area contributed by atoms with Crippen LogP contribution in [0.2, 0.25) is 0 Å². The summed E-state index contributed by atoms with van der Waals surface area (Å²) in [6.07, 6.45) is 1.33. The van der Waals surface area contributed by atoms with Crippen molar-refractivity contribution in [2.75, 3.05) is 19.8 Å². The molecule has 0 aliphatic carbocycles. The second-order valence-electron chi connectivity index (χ2n) is 4.69. The molecule has 1 aromatic rings. The SMILES string of the molecule is c1cc(COCC2CO2)cc(CO[C@@H]2CCO2)c1. The van der Waals surface area contributed by atoms with Gasteiger partial charge in [0.15, 0.2) is 6.29 Å². The van der Waals surface area contributed by atoms with Crippen LogP contribution in [-0.2, 0) is 32.2 Å². The highest BCUT2D eigenvalue weighted by Gasteiger charge is 2.22. The van der Waals surface area contributed by atoms with Gasteiger partial charge in [-0.25, -0.2) is 0 Å².